The quantitative estimate of drug-likeness (QED) is 0.0357. The summed E-state index contributed by atoms with van der Waals surface area (Å²) in [6.45, 7) is 5.46. The van der Waals surface area contributed by atoms with Gasteiger partial charge < -0.3 is 69.4 Å². The normalized spacial score (nSPS) is 14.9. The van der Waals surface area contributed by atoms with Crippen molar-refractivity contribution in [3.63, 3.8) is 0 Å². The zero-order chi connectivity index (χ0) is 43.2. The maximum Gasteiger partial charge on any atom is 0.326 e. The van der Waals surface area contributed by atoms with Crippen LogP contribution in [-0.4, -0.2) is 135 Å². The zero-order valence-electron chi connectivity index (χ0n) is 32.9. The molecule has 0 aliphatic heterocycles. The molecule has 1 rings (SSSR count). The van der Waals surface area contributed by atoms with Gasteiger partial charge in [0.15, 0.2) is 0 Å². The van der Waals surface area contributed by atoms with Crippen LogP contribution in [0.1, 0.15) is 78.3 Å². The van der Waals surface area contributed by atoms with Gasteiger partial charge in [0.25, 0.3) is 0 Å². The van der Waals surface area contributed by atoms with E-state index in [9.17, 15) is 53.7 Å². The number of nitrogens with one attached hydrogen (secondary N) is 7. The molecule has 7 amide bonds. The molecule has 16 N–H and O–H groups in total. The molecule has 1 aromatic heterocycles. The van der Waals surface area contributed by atoms with Crippen LogP contribution in [0.3, 0.4) is 0 Å². The first-order valence-electron chi connectivity index (χ1n) is 18.8. The number of aliphatic hydroxyl groups is 2. The number of carboxylic acids is 1. The van der Waals surface area contributed by atoms with Gasteiger partial charge in [-0.1, -0.05) is 27.7 Å². The molecule has 0 bridgehead atoms. The summed E-state index contributed by atoms with van der Waals surface area (Å²) in [4.78, 5) is 110. The molecule has 22 heteroatoms. The Hall–Kier alpha value is -5.19. The highest BCUT2D eigenvalue weighted by Gasteiger charge is 2.34. The molecule has 1 aromatic rings. The van der Waals surface area contributed by atoms with Gasteiger partial charge in [0.2, 0.25) is 41.4 Å². The first-order chi connectivity index (χ1) is 26.8. The first kappa shape index (κ1) is 49.8. The Bertz CT molecular complexity index is 1480. The van der Waals surface area contributed by atoms with Crippen molar-refractivity contribution >= 4 is 47.3 Å². The number of aromatic nitrogens is 2. The molecule has 22 nitrogen and oxygen atoms in total. The Kier molecular flexibility index (Phi) is 22.6. The van der Waals surface area contributed by atoms with Crippen LogP contribution in [0.4, 0.5) is 0 Å². The lowest BCUT2D eigenvalue weighted by Crippen LogP contribution is -2.61. The van der Waals surface area contributed by atoms with Crippen LogP contribution in [0.25, 0.3) is 0 Å². The maximum absolute atomic E-state index is 13.7. The van der Waals surface area contributed by atoms with E-state index in [-0.39, 0.29) is 56.9 Å². The van der Waals surface area contributed by atoms with Crippen molar-refractivity contribution in [3.05, 3.63) is 18.2 Å². The van der Waals surface area contributed by atoms with E-state index in [0.29, 0.717) is 18.5 Å². The molecule has 0 radical (unpaired) electrons. The topological polar surface area (TPSA) is 376 Å². The van der Waals surface area contributed by atoms with Gasteiger partial charge in [-0.3, -0.25) is 33.6 Å². The van der Waals surface area contributed by atoms with Crippen LogP contribution in [0.15, 0.2) is 12.5 Å². The van der Waals surface area contributed by atoms with Gasteiger partial charge in [-0.15, -0.1) is 0 Å². The van der Waals surface area contributed by atoms with Crippen LogP contribution in [0.5, 0.6) is 0 Å². The summed E-state index contributed by atoms with van der Waals surface area (Å²) in [5.41, 5.74) is 17.3. The molecule has 0 fully saturated rings. The number of H-pyrrole nitrogens is 1. The number of carbonyl (C=O) groups is 8. The predicted molar refractivity (Wildman–Crippen MR) is 204 cm³/mol. The molecular weight excluding hydrogens is 750 g/mol. The lowest BCUT2D eigenvalue weighted by molar-refractivity contribution is -0.143. The lowest BCUT2D eigenvalue weighted by atomic mass is 10.00. The number of unbranched alkanes of at least 4 members (excludes halogenated alkanes) is 1. The van der Waals surface area contributed by atoms with Gasteiger partial charge in [0, 0.05) is 24.7 Å². The first-order valence-corrected chi connectivity index (χ1v) is 18.8. The average Bonchev–Trinajstić information content (AvgIpc) is 3.65. The third-order valence-corrected chi connectivity index (χ3v) is 8.52. The fraction of sp³-hybridized carbons (Fsp3) is 0.686. The second kappa shape index (κ2) is 25.9. The van der Waals surface area contributed by atoms with Gasteiger partial charge in [-0.05, 0) is 56.9 Å². The minimum absolute atomic E-state index is 0.0104. The van der Waals surface area contributed by atoms with Crippen LogP contribution < -0.4 is 49.1 Å². The minimum atomic E-state index is -1.66. The molecule has 0 saturated carbocycles. The Morgan fingerprint density at radius 3 is 1.56 bits per heavy atom. The van der Waals surface area contributed by atoms with E-state index in [1.54, 1.807) is 27.7 Å². The number of nitrogens with two attached hydrogens (primary N) is 3. The van der Waals surface area contributed by atoms with Crippen molar-refractivity contribution in [1.82, 2.24) is 41.9 Å². The highest BCUT2D eigenvalue weighted by atomic mass is 16.4. The van der Waals surface area contributed by atoms with E-state index < -0.39 is 103 Å². The maximum atomic E-state index is 13.7. The molecule has 0 aromatic carbocycles. The van der Waals surface area contributed by atoms with Crippen LogP contribution >= 0.6 is 0 Å². The van der Waals surface area contributed by atoms with Crippen molar-refractivity contribution in [3.8, 4) is 0 Å². The van der Waals surface area contributed by atoms with E-state index in [4.69, 9.17) is 17.2 Å². The lowest BCUT2D eigenvalue weighted by Gasteiger charge is -2.28. The Morgan fingerprint density at radius 2 is 1.11 bits per heavy atom. The summed E-state index contributed by atoms with van der Waals surface area (Å²) in [6, 6.07) is -9.65. The van der Waals surface area contributed by atoms with Crippen molar-refractivity contribution in [2.75, 3.05) is 19.8 Å². The summed E-state index contributed by atoms with van der Waals surface area (Å²) in [5.74, 6) is -7.78. The van der Waals surface area contributed by atoms with Crippen LogP contribution in [0.2, 0.25) is 0 Å². The number of nitrogens with zero attached hydrogens (tertiary/aromatic N) is 1. The Balaban J connectivity index is 3.17. The average molecular weight is 812 g/mol. The van der Waals surface area contributed by atoms with Crippen molar-refractivity contribution in [2.45, 2.75) is 121 Å². The number of imidazole rings is 1. The van der Waals surface area contributed by atoms with Gasteiger partial charge in [-0.25, -0.2) is 9.78 Å². The number of aromatic amines is 1. The summed E-state index contributed by atoms with van der Waals surface area (Å²) in [7, 11) is 0. The van der Waals surface area contributed by atoms with E-state index in [1.165, 1.54) is 12.5 Å². The fourth-order valence-electron chi connectivity index (χ4n) is 5.47. The van der Waals surface area contributed by atoms with E-state index in [1.807, 2.05) is 0 Å². The van der Waals surface area contributed by atoms with Gasteiger partial charge >= 0.3 is 5.97 Å². The Labute approximate surface area is 331 Å². The van der Waals surface area contributed by atoms with Crippen molar-refractivity contribution < 1.29 is 53.7 Å². The summed E-state index contributed by atoms with van der Waals surface area (Å²) < 4.78 is 0. The molecule has 7 unspecified atom stereocenters. The number of aliphatic carboxylic acids is 1. The second-order valence-corrected chi connectivity index (χ2v) is 14.5. The minimum Gasteiger partial charge on any atom is -0.480 e. The molecule has 322 valence electrons. The monoisotopic (exact) mass is 811 g/mol. The summed E-state index contributed by atoms with van der Waals surface area (Å²) in [5, 5.41) is 43.9. The molecule has 7 atom stereocenters. The summed E-state index contributed by atoms with van der Waals surface area (Å²) in [6.07, 6.45) is 3.21. The van der Waals surface area contributed by atoms with E-state index in [0.717, 1.165) is 0 Å². The fourth-order valence-corrected chi connectivity index (χ4v) is 5.47. The van der Waals surface area contributed by atoms with Crippen LogP contribution in [-0.2, 0) is 44.8 Å². The van der Waals surface area contributed by atoms with Gasteiger partial charge in [-0.2, -0.15) is 0 Å². The standard InChI is InChI=1S/C35H61N11O11/c1-18(2)11-24(32(53)42-23(8-9-28(38)49)31(52)44-25(35(56)57)12-19(3)4)43-30(51)22(7-5-6-10-36)41-33(54)27(16-48)46-34(55)26(15-47)45-29(50)21(37)13-20-14-39-17-40-20/h14,17-19,21-27,47-48H,5-13,15-16,36-37H2,1-4H3,(H2,38,49)(H,39,40)(H,41,54)(H,42,53)(H,43,51)(H,44,52)(H,45,50)(H,46,55)(H,56,57). The number of aliphatic hydroxyl groups excluding tert-OH is 2. The number of amides is 7. The van der Waals surface area contributed by atoms with Gasteiger partial charge in [0.1, 0.15) is 36.3 Å². The number of hydrogen-bond acceptors (Lipinski definition) is 13. The number of primary amides is 1. The predicted octanol–water partition coefficient (Wildman–Crippen LogP) is -4.26. The number of carbonyl (C=O) groups excluding carboxylic acids is 7. The number of hydrogen-bond donors (Lipinski definition) is 13. The molecule has 0 spiro atoms. The largest absolute Gasteiger partial charge is 0.480 e. The highest BCUT2D eigenvalue weighted by molar-refractivity contribution is 5.97. The van der Waals surface area contributed by atoms with Crippen molar-refractivity contribution in [2.24, 2.45) is 29.0 Å². The smallest absolute Gasteiger partial charge is 0.326 e. The van der Waals surface area contributed by atoms with Crippen molar-refractivity contribution in [1.29, 1.82) is 0 Å². The van der Waals surface area contributed by atoms with Crippen LogP contribution in [0, 0.1) is 11.8 Å². The molecule has 57 heavy (non-hydrogen) atoms. The molecule has 0 aliphatic carbocycles. The summed E-state index contributed by atoms with van der Waals surface area (Å²) >= 11 is 0. The molecule has 0 saturated heterocycles. The molecular formula is C35H61N11O11. The molecule has 0 aliphatic rings. The zero-order valence-corrected chi connectivity index (χ0v) is 32.9. The SMILES string of the molecule is CC(C)CC(NC(=O)C(CCC(N)=O)NC(=O)C(CC(C)C)NC(=O)C(CCCCN)NC(=O)C(CO)NC(=O)C(CO)NC(=O)C(N)Cc1cnc[nH]1)C(=O)O. The second-order valence-electron chi connectivity index (χ2n) is 14.5. The number of carboxylic acid groups (broad SMARTS) is 1. The van der Waals surface area contributed by atoms with E-state index >= 15 is 0 Å². The third kappa shape index (κ3) is 19.0. The van der Waals surface area contributed by atoms with E-state index in [2.05, 4.69) is 41.9 Å². The molecule has 1 heterocycles. The third-order valence-electron chi connectivity index (χ3n) is 8.52. The number of rotatable bonds is 28. The van der Waals surface area contributed by atoms with Gasteiger partial charge in [0.05, 0.1) is 25.6 Å². The Morgan fingerprint density at radius 1 is 0.667 bits per heavy atom. The highest BCUT2D eigenvalue weighted by Crippen LogP contribution is 2.11.